The molecule has 0 aliphatic carbocycles. The maximum absolute atomic E-state index is 13.6. The molecule has 1 aromatic heterocycles. The molecule has 0 bridgehead atoms. The van der Waals surface area contributed by atoms with Crippen LogP contribution < -0.4 is 10.2 Å². The summed E-state index contributed by atoms with van der Waals surface area (Å²) < 4.78 is 18.2. The summed E-state index contributed by atoms with van der Waals surface area (Å²) in [7, 11) is 1.29. The zero-order valence-corrected chi connectivity index (χ0v) is 17.6. The summed E-state index contributed by atoms with van der Waals surface area (Å²) in [6.45, 7) is 7.53. The van der Waals surface area contributed by atoms with Crippen LogP contribution in [0.5, 0.6) is 0 Å². The Kier molecular flexibility index (Phi) is 6.49. The lowest BCUT2D eigenvalue weighted by atomic mass is 10.00. The van der Waals surface area contributed by atoms with Gasteiger partial charge in [-0.25, -0.2) is 23.9 Å². The van der Waals surface area contributed by atoms with Crippen molar-refractivity contribution in [1.29, 1.82) is 0 Å². The van der Waals surface area contributed by atoms with Crippen molar-refractivity contribution in [3.05, 3.63) is 47.7 Å². The standard InChI is InChI=1S/C21H26FN5O3/c1-13(2)18-12-26(19-11-23-17(10-24-19)20(28)30-4)7-8-27(18)21(29)25-16-9-15(22)6-5-14(16)3/h5-6,9-11,13,18H,7-8,12H2,1-4H3,(H,25,29). The molecule has 1 unspecified atom stereocenters. The molecule has 2 aromatic rings. The van der Waals surface area contributed by atoms with Gasteiger partial charge in [-0.05, 0) is 30.5 Å². The maximum Gasteiger partial charge on any atom is 0.358 e. The Morgan fingerprint density at radius 3 is 2.63 bits per heavy atom. The second-order valence-electron chi connectivity index (χ2n) is 7.59. The summed E-state index contributed by atoms with van der Waals surface area (Å²) in [6.07, 6.45) is 2.92. The van der Waals surface area contributed by atoms with Gasteiger partial charge in [-0.15, -0.1) is 0 Å². The molecule has 0 spiro atoms. The Hall–Kier alpha value is -3.23. The molecular formula is C21H26FN5O3. The van der Waals surface area contributed by atoms with Crippen LogP contribution in [-0.2, 0) is 4.74 Å². The summed E-state index contributed by atoms with van der Waals surface area (Å²) in [4.78, 5) is 36.7. The van der Waals surface area contributed by atoms with Gasteiger partial charge in [0.05, 0.1) is 25.5 Å². The normalized spacial score (nSPS) is 16.5. The first-order valence-corrected chi connectivity index (χ1v) is 9.79. The third kappa shape index (κ3) is 4.67. The number of hydrogen-bond donors (Lipinski definition) is 1. The number of methoxy groups -OCH3 is 1. The van der Waals surface area contributed by atoms with Gasteiger partial charge >= 0.3 is 12.0 Å². The van der Waals surface area contributed by atoms with Crippen LogP contribution in [0.4, 0.5) is 20.7 Å². The van der Waals surface area contributed by atoms with Crippen LogP contribution in [0, 0.1) is 18.7 Å². The molecule has 1 aliphatic rings. The van der Waals surface area contributed by atoms with E-state index in [0.29, 0.717) is 31.1 Å². The highest BCUT2D eigenvalue weighted by molar-refractivity contribution is 5.90. The second kappa shape index (κ2) is 9.06. The van der Waals surface area contributed by atoms with Crippen LogP contribution in [0.2, 0.25) is 0 Å². The van der Waals surface area contributed by atoms with Gasteiger partial charge in [0.15, 0.2) is 5.69 Å². The van der Waals surface area contributed by atoms with Gasteiger partial charge in [-0.1, -0.05) is 19.9 Å². The first kappa shape index (κ1) is 21.5. The molecule has 1 saturated heterocycles. The highest BCUT2D eigenvalue weighted by Gasteiger charge is 2.33. The summed E-state index contributed by atoms with van der Waals surface area (Å²) in [5.41, 5.74) is 1.41. The number of urea groups is 1. The molecule has 9 heteroatoms. The van der Waals surface area contributed by atoms with Crippen molar-refractivity contribution in [2.75, 3.05) is 37.0 Å². The number of esters is 1. The van der Waals surface area contributed by atoms with Crippen LogP contribution >= 0.6 is 0 Å². The number of benzene rings is 1. The van der Waals surface area contributed by atoms with Crippen molar-refractivity contribution < 1.29 is 18.7 Å². The molecular weight excluding hydrogens is 389 g/mol. The Morgan fingerprint density at radius 2 is 2.00 bits per heavy atom. The minimum absolute atomic E-state index is 0.0744. The van der Waals surface area contributed by atoms with E-state index >= 15 is 0 Å². The summed E-state index contributed by atoms with van der Waals surface area (Å²) >= 11 is 0. The van der Waals surface area contributed by atoms with Gasteiger partial charge < -0.3 is 19.9 Å². The first-order chi connectivity index (χ1) is 14.3. The van der Waals surface area contributed by atoms with E-state index < -0.39 is 11.8 Å². The van der Waals surface area contributed by atoms with E-state index in [9.17, 15) is 14.0 Å². The Bertz CT molecular complexity index is 919. The molecule has 1 fully saturated rings. The van der Waals surface area contributed by atoms with Crippen molar-refractivity contribution in [3.8, 4) is 0 Å². The molecule has 3 rings (SSSR count). The largest absolute Gasteiger partial charge is 0.464 e. The smallest absolute Gasteiger partial charge is 0.358 e. The lowest BCUT2D eigenvalue weighted by Crippen LogP contribution is -2.58. The quantitative estimate of drug-likeness (QED) is 0.772. The first-order valence-electron chi connectivity index (χ1n) is 9.79. The van der Waals surface area contributed by atoms with E-state index in [1.807, 2.05) is 25.7 Å². The number of ether oxygens (including phenoxy) is 1. The number of nitrogens with zero attached hydrogens (tertiary/aromatic N) is 4. The molecule has 0 radical (unpaired) electrons. The minimum atomic E-state index is -0.539. The lowest BCUT2D eigenvalue weighted by molar-refractivity contribution is 0.0593. The predicted octanol–water partition coefficient (Wildman–Crippen LogP) is 3.09. The minimum Gasteiger partial charge on any atom is -0.464 e. The SMILES string of the molecule is COC(=O)c1cnc(N2CCN(C(=O)Nc3cc(F)ccc3C)C(C(C)C)C2)cn1. The fourth-order valence-corrected chi connectivity index (χ4v) is 3.45. The fraction of sp³-hybridized carbons (Fsp3) is 0.429. The lowest BCUT2D eigenvalue weighted by Gasteiger charge is -2.43. The topological polar surface area (TPSA) is 87.7 Å². The van der Waals surface area contributed by atoms with E-state index in [2.05, 4.69) is 20.0 Å². The van der Waals surface area contributed by atoms with Crippen molar-refractivity contribution >= 4 is 23.5 Å². The monoisotopic (exact) mass is 415 g/mol. The summed E-state index contributed by atoms with van der Waals surface area (Å²) in [5.74, 6) is -0.109. The van der Waals surface area contributed by atoms with Gasteiger partial charge in [-0.3, -0.25) is 0 Å². The molecule has 1 aromatic carbocycles. The van der Waals surface area contributed by atoms with Gasteiger partial charge in [0.25, 0.3) is 0 Å². The van der Waals surface area contributed by atoms with E-state index in [-0.39, 0.29) is 23.7 Å². The number of anilines is 2. The van der Waals surface area contributed by atoms with Gasteiger partial charge in [0.1, 0.15) is 11.6 Å². The van der Waals surface area contributed by atoms with Crippen molar-refractivity contribution in [2.24, 2.45) is 5.92 Å². The van der Waals surface area contributed by atoms with E-state index in [1.165, 1.54) is 31.6 Å². The maximum atomic E-state index is 13.6. The molecule has 8 nitrogen and oxygen atoms in total. The number of piperazine rings is 1. The number of aromatic nitrogens is 2. The van der Waals surface area contributed by atoms with E-state index in [1.54, 1.807) is 11.0 Å². The zero-order valence-electron chi connectivity index (χ0n) is 17.6. The van der Waals surface area contributed by atoms with Gasteiger partial charge in [-0.2, -0.15) is 0 Å². The van der Waals surface area contributed by atoms with Crippen LogP contribution in [-0.4, -0.2) is 59.7 Å². The predicted molar refractivity (Wildman–Crippen MR) is 111 cm³/mol. The third-order valence-corrected chi connectivity index (χ3v) is 5.25. The van der Waals surface area contributed by atoms with Crippen LogP contribution in [0.25, 0.3) is 0 Å². The van der Waals surface area contributed by atoms with E-state index in [0.717, 1.165) is 5.56 Å². The number of amides is 2. The highest BCUT2D eigenvalue weighted by Crippen LogP contribution is 2.23. The number of rotatable bonds is 4. The third-order valence-electron chi connectivity index (χ3n) is 5.25. The molecule has 2 amide bonds. The van der Waals surface area contributed by atoms with Crippen molar-refractivity contribution in [1.82, 2.24) is 14.9 Å². The summed E-state index contributed by atoms with van der Waals surface area (Å²) in [6, 6.07) is 4.00. The molecule has 0 saturated carbocycles. The Morgan fingerprint density at radius 1 is 1.23 bits per heavy atom. The molecule has 1 aliphatic heterocycles. The van der Waals surface area contributed by atoms with Gasteiger partial charge in [0.2, 0.25) is 0 Å². The Labute approximate surface area is 175 Å². The second-order valence-corrected chi connectivity index (χ2v) is 7.59. The van der Waals surface area contributed by atoms with Crippen LogP contribution in [0.15, 0.2) is 30.6 Å². The molecule has 2 heterocycles. The number of hydrogen-bond acceptors (Lipinski definition) is 6. The summed E-state index contributed by atoms with van der Waals surface area (Å²) in [5, 5.41) is 2.84. The average Bonchev–Trinajstić information content (AvgIpc) is 2.75. The van der Waals surface area contributed by atoms with Crippen molar-refractivity contribution in [2.45, 2.75) is 26.8 Å². The van der Waals surface area contributed by atoms with Crippen LogP contribution in [0.3, 0.4) is 0 Å². The average molecular weight is 415 g/mol. The van der Waals surface area contributed by atoms with Gasteiger partial charge in [0, 0.05) is 25.3 Å². The number of nitrogens with one attached hydrogen (secondary N) is 1. The number of halogens is 1. The van der Waals surface area contributed by atoms with E-state index in [4.69, 9.17) is 0 Å². The highest BCUT2D eigenvalue weighted by atomic mass is 19.1. The van der Waals surface area contributed by atoms with Crippen LogP contribution in [0.1, 0.15) is 29.9 Å². The number of aryl methyl sites for hydroxylation is 1. The Balaban J connectivity index is 1.73. The molecule has 30 heavy (non-hydrogen) atoms. The molecule has 160 valence electrons. The number of carbonyl (C=O) groups is 2. The molecule has 1 N–H and O–H groups in total. The zero-order chi connectivity index (χ0) is 21.8. The molecule has 1 atom stereocenters. The number of carbonyl (C=O) groups excluding carboxylic acids is 2. The van der Waals surface area contributed by atoms with Crippen molar-refractivity contribution in [3.63, 3.8) is 0 Å². The fourth-order valence-electron chi connectivity index (χ4n) is 3.45.